The molecule has 8 nitrogen and oxygen atoms in total. The predicted molar refractivity (Wildman–Crippen MR) is 131 cm³/mol. The van der Waals surface area contributed by atoms with Crippen molar-refractivity contribution in [2.75, 3.05) is 31.6 Å². The Hall–Kier alpha value is -3.00. The number of benzene rings is 1. The van der Waals surface area contributed by atoms with Gasteiger partial charge in [0, 0.05) is 43.0 Å². The van der Waals surface area contributed by atoms with Crippen LogP contribution in [0.1, 0.15) is 46.0 Å². The second-order valence-electron chi connectivity index (χ2n) is 9.02. The molecule has 4 rings (SSSR count). The molecule has 0 saturated carbocycles. The monoisotopic (exact) mass is 449 g/mol. The number of piperazine rings is 1. The smallest absolute Gasteiger partial charge is 0.245 e. The van der Waals surface area contributed by atoms with Gasteiger partial charge >= 0.3 is 0 Å². The zero-order chi connectivity index (χ0) is 23.2. The highest BCUT2D eigenvalue weighted by atomic mass is 16.3. The third-order valence-electron chi connectivity index (χ3n) is 6.88. The molecule has 0 spiro atoms. The summed E-state index contributed by atoms with van der Waals surface area (Å²) < 4.78 is 0. The number of likely N-dealkylation sites (N-methyl/N-ethyl adjacent to an activating group) is 1. The van der Waals surface area contributed by atoms with Crippen LogP contribution >= 0.6 is 0 Å². The Kier molecular flexibility index (Phi) is 7.54. The summed E-state index contributed by atoms with van der Waals surface area (Å²) in [5.74, 6) is 1.49. The van der Waals surface area contributed by atoms with E-state index in [9.17, 15) is 5.11 Å². The average molecular weight is 450 g/mol. The summed E-state index contributed by atoms with van der Waals surface area (Å²) in [5, 5.41) is 26.1. The molecule has 176 valence electrons. The lowest BCUT2D eigenvalue weighted by Gasteiger charge is -2.43. The van der Waals surface area contributed by atoms with Gasteiger partial charge < -0.3 is 10.0 Å². The van der Waals surface area contributed by atoms with Crippen molar-refractivity contribution in [2.24, 2.45) is 5.92 Å². The van der Waals surface area contributed by atoms with E-state index < -0.39 is 0 Å². The van der Waals surface area contributed by atoms with E-state index in [-0.39, 0.29) is 5.75 Å². The van der Waals surface area contributed by atoms with Crippen LogP contribution in [-0.2, 0) is 0 Å². The van der Waals surface area contributed by atoms with Crippen LogP contribution in [0, 0.1) is 5.92 Å². The number of rotatable bonds is 9. The molecule has 1 saturated heterocycles. The summed E-state index contributed by atoms with van der Waals surface area (Å²) >= 11 is 0. The number of hydrogen-bond acceptors (Lipinski definition) is 7. The summed E-state index contributed by atoms with van der Waals surface area (Å²) in [6, 6.07) is 5.99. The van der Waals surface area contributed by atoms with Crippen LogP contribution in [-0.4, -0.2) is 68.1 Å². The first-order chi connectivity index (χ1) is 16.1. The lowest BCUT2D eigenvalue weighted by Crippen LogP contribution is -2.54. The van der Waals surface area contributed by atoms with E-state index in [4.69, 9.17) is 0 Å². The molecule has 2 unspecified atom stereocenters. The van der Waals surface area contributed by atoms with E-state index in [2.05, 4.69) is 56.1 Å². The van der Waals surface area contributed by atoms with Gasteiger partial charge in [0.15, 0.2) is 0 Å². The maximum atomic E-state index is 10.6. The van der Waals surface area contributed by atoms with Gasteiger partial charge in [-0.1, -0.05) is 45.6 Å². The van der Waals surface area contributed by atoms with E-state index in [1.54, 1.807) is 24.7 Å². The fraction of sp³-hybridized carbons (Fsp3) is 0.520. The van der Waals surface area contributed by atoms with Crippen molar-refractivity contribution in [1.82, 2.24) is 30.3 Å². The normalized spacial score (nSPS) is 17.9. The number of nitrogens with one attached hydrogen (secondary N) is 1. The van der Waals surface area contributed by atoms with Crippen LogP contribution in [0.3, 0.4) is 0 Å². The second kappa shape index (κ2) is 10.7. The van der Waals surface area contributed by atoms with E-state index in [0.29, 0.717) is 29.2 Å². The number of aromatic nitrogens is 5. The molecule has 1 aromatic carbocycles. The molecular weight excluding hydrogens is 414 g/mol. The number of anilines is 1. The lowest BCUT2D eigenvalue weighted by atomic mass is 9.88. The highest BCUT2D eigenvalue weighted by Crippen LogP contribution is 2.32. The summed E-state index contributed by atoms with van der Waals surface area (Å²) in [5.41, 5.74) is 2.98. The first kappa shape index (κ1) is 23.2. The molecule has 0 amide bonds. The number of hydrogen-bond donors (Lipinski definition) is 2. The number of phenols is 1. The number of H-pyrrole nitrogens is 1. The first-order valence-corrected chi connectivity index (χ1v) is 12.1. The second-order valence-corrected chi connectivity index (χ2v) is 9.02. The summed E-state index contributed by atoms with van der Waals surface area (Å²) in [7, 11) is 2.24. The van der Waals surface area contributed by atoms with Crippen molar-refractivity contribution in [3.05, 3.63) is 36.8 Å². The molecule has 1 aliphatic rings. The highest BCUT2D eigenvalue weighted by molar-refractivity contribution is 5.73. The van der Waals surface area contributed by atoms with Gasteiger partial charge in [0.25, 0.3) is 0 Å². The molecule has 2 N–H and O–H groups in total. The van der Waals surface area contributed by atoms with Crippen LogP contribution in [0.5, 0.6) is 5.75 Å². The predicted octanol–water partition coefficient (Wildman–Crippen LogP) is 4.36. The van der Waals surface area contributed by atoms with Crippen LogP contribution in [0.2, 0.25) is 0 Å². The molecule has 0 radical (unpaired) electrons. The van der Waals surface area contributed by atoms with Crippen molar-refractivity contribution in [3.63, 3.8) is 0 Å². The van der Waals surface area contributed by atoms with E-state index in [1.807, 2.05) is 12.1 Å². The van der Waals surface area contributed by atoms with Gasteiger partial charge in [0.05, 0.1) is 12.4 Å². The highest BCUT2D eigenvalue weighted by Gasteiger charge is 2.31. The average Bonchev–Trinajstić information content (AvgIpc) is 3.38. The van der Waals surface area contributed by atoms with Crippen LogP contribution in [0.15, 0.2) is 36.8 Å². The Balaban J connectivity index is 1.46. The van der Waals surface area contributed by atoms with Crippen molar-refractivity contribution < 1.29 is 5.11 Å². The van der Waals surface area contributed by atoms with Gasteiger partial charge in [0.1, 0.15) is 11.4 Å². The molecular formula is C25H35N7O. The zero-order valence-electron chi connectivity index (χ0n) is 19.9. The minimum atomic E-state index is 0.148. The van der Waals surface area contributed by atoms with E-state index in [0.717, 1.165) is 30.8 Å². The van der Waals surface area contributed by atoms with Gasteiger partial charge in [-0.05, 0) is 37.1 Å². The van der Waals surface area contributed by atoms with Crippen molar-refractivity contribution >= 4 is 5.95 Å². The minimum Gasteiger partial charge on any atom is -0.507 e. The molecule has 1 fully saturated rings. The largest absolute Gasteiger partial charge is 0.507 e. The summed E-state index contributed by atoms with van der Waals surface area (Å²) in [4.78, 5) is 9.37. The van der Waals surface area contributed by atoms with Crippen molar-refractivity contribution in [2.45, 2.75) is 52.0 Å². The number of aromatic amines is 1. The fourth-order valence-corrected chi connectivity index (χ4v) is 4.79. The van der Waals surface area contributed by atoms with Crippen LogP contribution < -0.4 is 4.90 Å². The van der Waals surface area contributed by atoms with Crippen LogP contribution in [0.25, 0.3) is 22.4 Å². The van der Waals surface area contributed by atoms with Gasteiger partial charge in [0.2, 0.25) is 5.95 Å². The molecule has 3 aromatic rings. The molecule has 1 aliphatic heterocycles. The Morgan fingerprint density at radius 3 is 2.67 bits per heavy atom. The summed E-state index contributed by atoms with van der Waals surface area (Å²) in [6.07, 6.45) is 11.6. The third kappa shape index (κ3) is 5.33. The minimum absolute atomic E-state index is 0.148. The topological polar surface area (TPSA) is 94.1 Å². The van der Waals surface area contributed by atoms with Gasteiger partial charge in [-0.15, -0.1) is 10.2 Å². The molecule has 2 aromatic heterocycles. The maximum absolute atomic E-state index is 10.6. The van der Waals surface area contributed by atoms with Gasteiger partial charge in [-0.25, -0.2) is 4.98 Å². The summed E-state index contributed by atoms with van der Waals surface area (Å²) in [6.45, 7) is 7.38. The number of nitrogens with zero attached hydrogens (tertiary/aromatic N) is 6. The SMILES string of the molecule is CCCCCC(CC)C1CN(c2ncc(-c3ccc(-c4cn[nH]c4)cc3O)nn2)CCN1C. The van der Waals surface area contributed by atoms with E-state index in [1.165, 1.54) is 32.1 Å². The molecule has 0 bridgehead atoms. The molecule has 2 atom stereocenters. The zero-order valence-corrected chi connectivity index (χ0v) is 19.9. The fourth-order valence-electron chi connectivity index (χ4n) is 4.79. The van der Waals surface area contributed by atoms with E-state index >= 15 is 0 Å². The third-order valence-corrected chi connectivity index (χ3v) is 6.88. The lowest BCUT2D eigenvalue weighted by molar-refractivity contribution is 0.144. The molecule has 33 heavy (non-hydrogen) atoms. The van der Waals surface area contributed by atoms with Gasteiger partial charge in [-0.2, -0.15) is 5.10 Å². The molecule has 3 heterocycles. The van der Waals surface area contributed by atoms with Crippen molar-refractivity contribution in [1.29, 1.82) is 0 Å². The maximum Gasteiger partial charge on any atom is 0.245 e. The van der Waals surface area contributed by atoms with Crippen molar-refractivity contribution in [3.8, 4) is 28.1 Å². The Labute approximate surface area is 196 Å². The standard InChI is InChI=1S/C25H35N7O/c1-4-6-7-8-18(5-2)23-17-32(12-11-31(23)3)25-26-16-22(29-30-25)21-10-9-19(13-24(21)33)20-14-27-28-15-20/h9-10,13-16,18,23,33H,4-8,11-12,17H2,1-3H3,(H,27,28). The Bertz CT molecular complexity index is 1010. The first-order valence-electron chi connectivity index (χ1n) is 12.1. The van der Waals surface area contributed by atoms with Gasteiger partial charge in [-0.3, -0.25) is 10.00 Å². The number of phenolic OH excluding ortho intramolecular Hbond substituents is 1. The molecule has 8 heteroatoms. The quantitative estimate of drug-likeness (QED) is 0.469. The number of unbranched alkanes of at least 4 members (excludes halogenated alkanes) is 2. The van der Waals surface area contributed by atoms with Crippen LogP contribution in [0.4, 0.5) is 5.95 Å². The Morgan fingerprint density at radius 1 is 1.12 bits per heavy atom. The number of aromatic hydroxyl groups is 1. The molecule has 0 aliphatic carbocycles. The Morgan fingerprint density at radius 2 is 2.00 bits per heavy atom.